The maximum Gasteiger partial charge on any atom is 0.211 e. The molecule has 6 heteroatoms. The molecule has 0 aliphatic heterocycles. The van der Waals surface area contributed by atoms with Gasteiger partial charge in [0.05, 0.1) is 23.6 Å². The van der Waals surface area contributed by atoms with Crippen LogP contribution in [0, 0.1) is 6.92 Å². The zero-order valence-corrected chi connectivity index (χ0v) is 12.7. The van der Waals surface area contributed by atoms with E-state index in [1.165, 1.54) is 0 Å². The van der Waals surface area contributed by atoms with Gasteiger partial charge in [-0.2, -0.15) is 0 Å². The van der Waals surface area contributed by atoms with Crippen molar-refractivity contribution in [2.75, 3.05) is 0 Å². The van der Waals surface area contributed by atoms with Crippen LogP contribution >= 0.6 is 11.3 Å². The van der Waals surface area contributed by atoms with E-state index in [9.17, 15) is 0 Å². The lowest BCUT2D eigenvalue weighted by Gasteiger charge is -2.08. The van der Waals surface area contributed by atoms with E-state index < -0.39 is 0 Å². The molecule has 3 aromatic heterocycles. The Kier molecular flexibility index (Phi) is 4.08. The fraction of sp³-hybridized carbons (Fsp3) is 0.267. The minimum Gasteiger partial charge on any atom is -0.444 e. The van der Waals surface area contributed by atoms with Gasteiger partial charge in [-0.05, 0) is 26.0 Å². The number of nitrogens with zero attached hydrogens (tertiary/aromatic N) is 3. The summed E-state index contributed by atoms with van der Waals surface area (Å²) in [5.74, 6) is 1.53. The van der Waals surface area contributed by atoms with Crippen LogP contribution in [0.5, 0.6) is 0 Å². The number of rotatable bonds is 5. The smallest absolute Gasteiger partial charge is 0.211 e. The fourth-order valence-electron chi connectivity index (χ4n) is 1.91. The van der Waals surface area contributed by atoms with E-state index in [1.54, 1.807) is 23.7 Å². The molecule has 0 aliphatic carbocycles. The van der Waals surface area contributed by atoms with Gasteiger partial charge in [-0.3, -0.25) is 4.98 Å². The van der Waals surface area contributed by atoms with E-state index in [2.05, 4.69) is 20.3 Å². The first-order valence-electron chi connectivity index (χ1n) is 6.74. The number of aromatic nitrogens is 3. The van der Waals surface area contributed by atoms with Crippen molar-refractivity contribution in [1.82, 2.24) is 20.3 Å². The standard InChI is InChI=1S/C15H16N4OS/c1-10-7-18-14(20-10)11(2)17-8-12-9-21-15(19-12)13-5-3-4-6-16-13/h3-7,9,11,17H,8H2,1-2H3. The second-order valence-corrected chi connectivity index (χ2v) is 5.63. The summed E-state index contributed by atoms with van der Waals surface area (Å²) in [5.41, 5.74) is 1.90. The first kappa shape index (κ1) is 13.9. The van der Waals surface area contributed by atoms with Gasteiger partial charge >= 0.3 is 0 Å². The predicted octanol–water partition coefficient (Wildman–Crippen LogP) is 3.35. The van der Waals surface area contributed by atoms with Crippen LogP contribution in [0.4, 0.5) is 0 Å². The van der Waals surface area contributed by atoms with E-state index in [1.807, 2.05) is 37.4 Å². The highest BCUT2D eigenvalue weighted by Crippen LogP contribution is 2.21. The van der Waals surface area contributed by atoms with Crippen molar-refractivity contribution >= 4 is 11.3 Å². The van der Waals surface area contributed by atoms with Gasteiger partial charge in [0, 0.05) is 18.1 Å². The monoisotopic (exact) mass is 300 g/mol. The Morgan fingerprint density at radius 1 is 1.33 bits per heavy atom. The molecule has 0 amide bonds. The van der Waals surface area contributed by atoms with Gasteiger partial charge in [-0.25, -0.2) is 9.97 Å². The molecule has 1 unspecified atom stereocenters. The van der Waals surface area contributed by atoms with Crippen molar-refractivity contribution in [1.29, 1.82) is 0 Å². The second kappa shape index (κ2) is 6.15. The Morgan fingerprint density at radius 3 is 2.95 bits per heavy atom. The summed E-state index contributed by atoms with van der Waals surface area (Å²) in [4.78, 5) is 13.1. The maximum atomic E-state index is 5.51. The molecule has 0 bridgehead atoms. The van der Waals surface area contributed by atoms with Gasteiger partial charge in [-0.15, -0.1) is 11.3 Å². The first-order chi connectivity index (χ1) is 10.2. The molecular weight excluding hydrogens is 284 g/mol. The van der Waals surface area contributed by atoms with Gasteiger partial charge in [0.15, 0.2) is 0 Å². The molecule has 3 aromatic rings. The lowest BCUT2D eigenvalue weighted by Crippen LogP contribution is -2.18. The highest BCUT2D eigenvalue weighted by Gasteiger charge is 2.12. The summed E-state index contributed by atoms with van der Waals surface area (Å²) in [6, 6.07) is 5.89. The van der Waals surface area contributed by atoms with Crippen molar-refractivity contribution < 1.29 is 4.42 Å². The van der Waals surface area contributed by atoms with E-state index in [-0.39, 0.29) is 6.04 Å². The average molecular weight is 300 g/mol. The number of pyridine rings is 1. The summed E-state index contributed by atoms with van der Waals surface area (Å²) in [5, 5.41) is 6.34. The molecule has 0 radical (unpaired) electrons. The number of thiazole rings is 1. The zero-order valence-electron chi connectivity index (χ0n) is 11.9. The number of hydrogen-bond donors (Lipinski definition) is 1. The highest BCUT2D eigenvalue weighted by atomic mass is 32.1. The summed E-state index contributed by atoms with van der Waals surface area (Å²) < 4.78 is 5.51. The molecule has 21 heavy (non-hydrogen) atoms. The molecule has 0 aromatic carbocycles. The topological polar surface area (TPSA) is 63.8 Å². The zero-order chi connectivity index (χ0) is 14.7. The van der Waals surface area contributed by atoms with E-state index >= 15 is 0 Å². The number of aryl methyl sites for hydroxylation is 1. The van der Waals surface area contributed by atoms with Crippen LogP contribution in [-0.2, 0) is 6.54 Å². The van der Waals surface area contributed by atoms with Gasteiger partial charge in [0.2, 0.25) is 5.89 Å². The van der Waals surface area contributed by atoms with Crippen LogP contribution in [-0.4, -0.2) is 15.0 Å². The van der Waals surface area contributed by atoms with Gasteiger partial charge < -0.3 is 9.73 Å². The molecule has 3 rings (SSSR count). The van der Waals surface area contributed by atoms with Crippen LogP contribution < -0.4 is 5.32 Å². The number of hydrogen-bond acceptors (Lipinski definition) is 6. The van der Waals surface area contributed by atoms with Crippen molar-refractivity contribution in [2.24, 2.45) is 0 Å². The molecule has 0 spiro atoms. The SMILES string of the molecule is Cc1cnc(C(C)NCc2csc(-c3ccccn3)n2)o1. The third kappa shape index (κ3) is 3.34. The molecule has 108 valence electrons. The lowest BCUT2D eigenvalue weighted by atomic mass is 10.3. The van der Waals surface area contributed by atoms with Crippen LogP contribution in [0.25, 0.3) is 10.7 Å². The predicted molar refractivity (Wildman–Crippen MR) is 81.8 cm³/mol. The third-order valence-electron chi connectivity index (χ3n) is 3.03. The minimum atomic E-state index is 0.0544. The van der Waals surface area contributed by atoms with E-state index in [0.29, 0.717) is 12.4 Å². The van der Waals surface area contributed by atoms with Gasteiger partial charge in [-0.1, -0.05) is 6.07 Å². The van der Waals surface area contributed by atoms with Crippen molar-refractivity contribution in [3.8, 4) is 10.7 Å². The van der Waals surface area contributed by atoms with Crippen LogP contribution in [0.3, 0.4) is 0 Å². The molecule has 0 aliphatic rings. The van der Waals surface area contributed by atoms with E-state index in [0.717, 1.165) is 22.2 Å². The molecule has 5 nitrogen and oxygen atoms in total. The van der Waals surface area contributed by atoms with Crippen molar-refractivity contribution in [3.63, 3.8) is 0 Å². The largest absolute Gasteiger partial charge is 0.444 e. The molecule has 0 saturated carbocycles. The molecule has 1 atom stereocenters. The Morgan fingerprint density at radius 2 is 2.24 bits per heavy atom. The molecule has 3 heterocycles. The highest BCUT2D eigenvalue weighted by molar-refractivity contribution is 7.13. The van der Waals surface area contributed by atoms with Gasteiger partial charge in [0.1, 0.15) is 10.8 Å². The quantitative estimate of drug-likeness (QED) is 0.783. The van der Waals surface area contributed by atoms with Gasteiger partial charge in [0.25, 0.3) is 0 Å². The molecule has 1 N–H and O–H groups in total. The Labute approximate surface area is 127 Å². The first-order valence-corrected chi connectivity index (χ1v) is 7.62. The summed E-state index contributed by atoms with van der Waals surface area (Å²) in [7, 11) is 0. The fourth-order valence-corrected chi connectivity index (χ4v) is 2.71. The van der Waals surface area contributed by atoms with Crippen molar-refractivity contribution in [2.45, 2.75) is 26.4 Å². The number of nitrogens with one attached hydrogen (secondary N) is 1. The van der Waals surface area contributed by atoms with E-state index in [4.69, 9.17) is 4.42 Å². The molecular formula is C15H16N4OS. The molecule has 0 saturated heterocycles. The molecule has 0 fully saturated rings. The normalized spacial score (nSPS) is 12.5. The maximum absolute atomic E-state index is 5.51. The number of oxazole rings is 1. The average Bonchev–Trinajstić information content (AvgIpc) is 3.15. The minimum absolute atomic E-state index is 0.0544. The Bertz CT molecular complexity index is 707. The lowest BCUT2D eigenvalue weighted by molar-refractivity contribution is 0.401. The van der Waals surface area contributed by atoms with Crippen LogP contribution in [0.15, 0.2) is 40.4 Å². The summed E-state index contributed by atoms with van der Waals surface area (Å²) in [6.07, 6.45) is 3.51. The van der Waals surface area contributed by atoms with Crippen molar-refractivity contribution in [3.05, 3.63) is 53.3 Å². The second-order valence-electron chi connectivity index (χ2n) is 4.77. The third-order valence-corrected chi connectivity index (χ3v) is 3.95. The van der Waals surface area contributed by atoms with Crippen LogP contribution in [0.2, 0.25) is 0 Å². The summed E-state index contributed by atoms with van der Waals surface area (Å²) in [6.45, 7) is 4.59. The van der Waals surface area contributed by atoms with Crippen LogP contribution in [0.1, 0.15) is 30.3 Å². The summed E-state index contributed by atoms with van der Waals surface area (Å²) >= 11 is 1.60. The Hall–Kier alpha value is -2.05. The Balaban J connectivity index is 1.63.